The van der Waals surface area contributed by atoms with E-state index in [0.29, 0.717) is 6.42 Å². The number of fused-ring (bicyclic) bond motifs is 1. The number of carbonyl (C=O) groups excluding carboxylic acids is 1. The highest BCUT2D eigenvalue weighted by atomic mass is 16.1. The number of nitrogens with one attached hydrogen (secondary N) is 1. The number of aromatic nitrogens is 2. The number of amides is 1. The highest BCUT2D eigenvalue weighted by Gasteiger charge is 2.18. The van der Waals surface area contributed by atoms with Gasteiger partial charge in [-0.3, -0.25) is 9.69 Å². The average molecular weight is 329 g/mol. The van der Waals surface area contributed by atoms with Crippen molar-refractivity contribution < 1.29 is 4.79 Å². The quantitative estimate of drug-likeness (QED) is 0.913. The molecule has 0 bridgehead atoms. The molecule has 1 N–H and O–H groups in total. The van der Waals surface area contributed by atoms with Crippen LogP contribution in [0, 0.1) is 0 Å². The van der Waals surface area contributed by atoms with Crippen LogP contribution in [0.1, 0.15) is 26.1 Å². The normalized spacial score (nSPS) is 16.6. The lowest BCUT2D eigenvalue weighted by Gasteiger charge is -2.32. The molecule has 0 atom stereocenters. The van der Waals surface area contributed by atoms with Crippen molar-refractivity contribution >= 4 is 22.6 Å². The monoisotopic (exact) mass is 329 g/mol. The van der Waals surface area contributed by atoms with Gasteiger partial charge in [0.25, 0.3) is 0 Å². The van der Waals surface area contributed by atoms with Crippen LogP contribution in [0.25, 0.3) is 11.0 Å². The minimum absolute atomic E-state index is 0.0296. The molecular formula is C18H27N5O. The number of anilines is 1. The fourth-order valence-corrected chi connectivity index (χ4v) is 3.19. The molecule has 6 heteroatoms. The molecule has 1 aliphatic rings. The van der Waals surface area contributed by atoms with E-state index in [2.05, 4.69) is 39.7 Å². The van der Waals surface area contributed by atoms with Crippen LogP contribution in [0.2, 0.25) is 0 Å². The Morgan fingerprint density at radius 2 is 1.96 bits per heavy atom. The van der Waals surface area contributed by atoms with Gasteiger partial charge in [-0.2, -0.15) is 0 Å². The molecule has 0 unspecified atom stereocenters. The van der Waals surface area contributed by atoms with Crippen molar-refractivity contribution in [2.45, 2.75) is 33.4 Å². The molecule has 0 aliphatic carbocycles. The van der Waals surface area contributed by atoms with E-state index in [0.717, 1.165) is 61.8 Å². The van der Waals surface area contributed by atoms with Gasteiger partial charge in [0.05, 0.1) is 17.6 Å². The molecule has 6 nitrogen and oxygen atoms in total. The average Bonchev–Trinajstić information content (AvgIpc) is 2.93. The Bertz CT molecular complexity index is 716. The fourth-order valence-electron chi connectivity index (χ4n) is 3.19. The molecule has 2 aromatic rings. The molecule has 1 saturated heterocycles. The van der Waals surface area contributed by atoms with E-state index in [1.165, 1.54) is 0 Å². The van der Waals surface area contributed by atoms with E-state index in [9.17, 15) is 4.79 Å². The molecule has 2 heterocycles. The van der Waals surface area contributed by atoms with Gasteiger partial charge in [-0.05, 0) is 32.2 Å². The maximum Gasteiger partial charge on any atom is 0.224 e. The first kappa shape index (κ1) is 16.9. The second kappa shape index (κ2) is 7.32. The predicted molar refractivity (Wildman–Crippen MR) is 97.1 cm³/mol. The topological polar surface area (TPSA) is 53.4 Å². The number of nitrogens with zero attached hydrogens (tertiary/aromatic N) is 4. The van der Waals surface area contributed by atoms with E-state index < -0.39 is 0 Å². The molecule has 24 heavy (non-hydrogen) atoms. The summed E-state index contributed by atoms with van der Waals surface area (Å²) in [6.45, 7) is 10.2. The number of benzene rings is 1. The molecule has 130 valence electrons. The number of aryl methyl sites for hydroxylation is 1. The van der Waals surface area contributed by atoms with Crippen LogP contribution >= 0.6 is 0 Å². The summed E-state index contributed by atoms with van der Waals surface area (Å²) in [5.41, 5.74) is 2.91. The summed E-state index contributed by atoms with van der Waals surface area (Å²) >= 11 is 0. The van der Waals surface area contributed by atoms with Gasteiger partial charge < -0.3 is 14.8 Å². The van der Waals surface area contributed by atoms with E-state index in [1.807, 2.05) is 19.1 Å². The lowest BCUT2D eigenvalue weighted by Crippen LogP contribution is -2.44. The van der Waals surface area contributed by atoms with Gasteiger partial charge in [0.15, 0.2) is 0 Å². The Morgan fingerprint density at radius 3 is 2.62 bits per heavy atom. The van der Waals surface area contributed by atoms with E-state index in [4.69, 9.17) is 4.98 Å². The Hall–Kier alpha value is -1.92. The van der Waals surface area contributed by atoms with Crippen molar-refractivity contribution in [2.75, 3.05) is 38.5 Å². The molecular weight excluding hydrogens is 302 g/mol. The zero-order chi connectivity index (χ0) is 17.1. The maximum atomic E-state index is 11.6. The molecule has 1 aromatic carbocycles. The van der Waals surface area contributed by atoms with Crippen LogP contribution in [0.5, 0.6) is 0 Å². The van der Waals surface area contributed by atoms with E-state index >= 15 is 0 Å². The van der Waals surface area contributed by atoms with Crippen LogP contribution in [-0.2, 0) is 17.9 Å². The van der Waals surface area contributed by atoms with Crippen LogP contribution in [-0.4, -0.2) is 58.5 Å². The van der Waals surface area contributed by atoms with Crippen molar-refractivity contribution in [1.29, 1.82) is 0 Å². The number of rotatable bonds is 5. The summed E-state index contributed by atoms with van der Waals surface area (Å²) in [5.74, 6) is 1.14. The first-order valence-electron chi connectivity index (χ1n) is 8.80. The van der Waals surface area contributed by atoms with Gasteiger partial charge in [0, 0.05) is 44.8 Å². The van der Waals surface area contributed by atoms with Crippen LogP contribution < -0.4 is 5.32 Å². The third kappa shape index (κ3) is 3.60. The second-order valence-electron chi connectivity index (χ2n) is 6.46. The smallest absolute Gasteiger partial charge is 0.224 e. The van der Waals surface area contributed by atoms with Gasteiger partial charge in [0.2, 0.25) is 5.91 Å². The van der Waals surface area contributed by atoms with Gasteiger partial charge in [-0.15, -0.1) is 0 Å². The van der Waals surface area contributed by atoms with Crippen molar-refractivity contribution in [2.24, 2.45) is 0 Å². The van der Waals surface area contributed by atoms with Crippen molar-refractivity contribution in [3.8, 4) is 0 Å². The van der Waals surface area contributed by atoms with Gasteiger partial charge in [-0.1, -0.05) is 6.92 Å². The maximum absolute atomic E-state index is 11.6. The summed E-state index contributed by atoms with van der Waals surface area (Å²) in [4.78, 5) is 21.3. The first-order valence-corrected chi connectivity index (χ1v) is 8.80. The SMILES string of the molecule is CCC(=O)Nc1ccc2c(c1)nc(CN1CCN(C)CC1)n2CC. The predicted octanol–water partition coefficient (Wildman–Crippen LogP) is 2.15. The van der Waals surface area contributed by atoms with E-state index in [-0.39, 0.29) is 5.91 Å². The van der Waals surface area contributed by atoms with Crippen molar-refractivity contribution in [3.05, 3.63) is 24.0 Å². The molecule has 1 amide bonds. The van der Waals surface area contributed by atoms with Gasteiger partial charge in [-0.25, -0.2) is 4.98 Å². The number of imidazole rings is 1. The number of hydrogen-bond donors (Lipinski definition) is 1. The van der Waals surface area contributed by atoms with Crippen LogP contribution in [0.4, 0.5) is 5.69 Å². The molecule has 3 rings (SSSR count). The minimum Gasteiger partial charge on any atom is -0.327 e. The van der Waals surface area contributed by atoms with Gasteiger partial charge >= 0.3 is 0 Å². The summed E-state index contributed by atoms with van der Waals surface area (Å²) in [7, 11) is 2.17. The Kier molecular flexibility index (Phi) is 5.16. The third-order valence-corrected chi connectivity index (χ3v) is 4.71. The lowest BCUT2D eigenvalue weighted by molar-refractivity contribution is -0.115. The number of hydrogen-bond acceptors (Lipinski definition) is 4. The van der Waals surface area contributed by atoms with Crippen molar-refractivity contribution in [1.82, 2.24) is 19.4 Å². The van der Waals surface area contributed by atoms with Crippen molar-refractivity contribution in [3.63, 3.8) is 0 Å². The number of piperazine rings is 1. The number of likely N-dealkylation sites (N-methyl/N-ethyl adjacent to an activating group) is 1. The standard InChI is InChI=1S/C18H27N5O/c1-4-18(24)19-14-6-7-16-15(12-14)20-17(23(16)5-2)13-22-10-8-21(3)9-11-22/h6-7,12H,4-5,8-11,13H2,1-3H3,(H,19,24). The molecule has 1 fully saturated rings. The largest absolute Gasteiger partial charge is 0.327 e. The molecule has 0 saturated carbocycles. The number of carbonyl (C=O) groups is 1. The van der Waals surface area contributed by atoms with Crippen LogP contribution in [0.3, 0.4) is 0 Å². The van der Waals surface area contributed by atoms with Gasteiger partial charge in [0.1, 0.15) is 5.82 Å². The van der Waals surface area contributed by atoms with E-state index in [1.54, 1.807) is 0 Å². The highest BCUT2D eigenvalue weighted by molar-refractivity contribution is 5.92. The Morgan fingerprint density at radius 1 is 1.21 bits per heavy atom. The summed E-state index contributed by atoms with van der Waals surface area (Å²) in [6.07, 6.45) is 0.482. The highest BCUT2D eigenvalue weighted by Crippen LogP contribution is 2.22. The molecule has 0 spiro atoms. The summed E-state index contributed by atoms with van der Waals surface area (Å²) < 4.78 is 2.28. The molecule has 1 aliphatic heterocycles. The van der Waals surface area contributed by atoms with Crippen LogP contribution in [0.15, 0.2) is 18.2 Å². The third-order valence-electron chi connectivity index (χ3n) is 4.71. The Balaban J connectivity index is 1.83. The first-order chi connectivity index (χ1) is 11.6. The Labute approximate surface area is 143 Å². The minimum atomic E-state index is 0.0296. The fraction of sp³-hybridized carbons (Fsp3) is 0.556. The zero-order valence-corrected chi connectivity index (χ0v) is 14.9. The zero-order valence-electron chi connectivity index (χ0n) is 14.9. The summed E-state index contributed by atoms with van der Waals surface area (Å²) in [5, 5.41) is 2.91. The summed E-state index contributed by atoms with van der Waals surface area (Å²) in [6, 6.07) is 6.00. The molecule has 1 aromatic heterocycles. The lowest BCUT2D eigenvalue weighted by atomic mass is 10.2. The second-order valence-corrected chi connectivity index (χ2v) is 6.46. The molecule has 0 radical (unpaired) electrons.